The van der Waals surface area contributed by atoms with Gasteiger partial charge in [0.15, 0.2) is 5.13 Å². The summed E-state index contributed by atoms with van der Waals surface area (Å²) in [6, 6.07) is 7.63. The molecule has 6 rings (SSSR count). The molecule has 134 valence electrons. The Kier molecular flexibility index (Phi) is 3.53. The maximum absolute atomic E-state index is 12.7. The summed E-state index contributed by atoms with van der Waals surface area (Å²) in [7, 11) is 0. The van der Waals surface area contributed by atoms with Crippen LogP contribution >= 0.6 is 11.3 Å². The third kappa shape index (κ3) is 2.41. The molecule has 2 aromatic rings. The molecule has 4 aliphatic rings. The van der Waals surface area contributed by atoms with Gasteiger partial charge in [0.05, 0.1) is 5.56 Å². The fourth-order valence-corrected chi connectivity index (χ4v) is 5.48. The molecule has 7 heteroatoms. The second-order valence-electron chi connectivity index (χ2n) is 7.50. The highest BCUT2D eigenvalue weighted by Crippen LogP contribution is 2.52. The summed E-state index contributed by atoms with van der Waals surface area (Å²) >= 11 is 1.44. The molecule has 2 heterocycles. The van der Waals surface area contributed by atoms with Crippen LogP contribution in [0.2, 0.25) is 0 Å². The zero-order valence-corrected chi connectivity index (χ0v) is 15.0. The van der Waals surface area contributed by atoms with Crippen LogP contribution in [0.1, 0.15) is 36.0 Å². The first-order valence-corrected chi connectivity index (χ1v) is 9.93. The molecule has 6 nitrogen and oxygen atoms in total. The van der Waals surface area contributed by atoms with E-state index in [1.54, 1.807) is 6.20 Å². The average molecular weight is 368 g/mol. The lowest BCUT2D eigenvalue weighted by Gasteiger charge is -2.56. The quantitative estimate of drug-likeness (QED) is 0.761. The van der Waals surface area contributed by atoms with Crippen LogP contribution in [0.5, 0.6) is 0 Å². The topological polar surface area (TPSA) is 83.1 Å². The van der Waals surface area contributed by atoms with E-state index in [4.69, 9.17) is 0 Å². The van der Waals surface area contributed by atoms with E-state index in [9.17, 15) is 9.59 Å². The summed E-state index contributed by atoms with van der Waals surface area (Å²) in [4.78, 5) is 29.5. The van der Waals surface area contributed by atoms with E-state index in [1.165, 1.54) is 11.3 Å². The van der Waals surface area contributed by atoms with Crippen molar-refractivity contribution in [2.45, 2.75) is 31.3 Å². The summed E-state index contributed by atoms with van der Waals surface area (Å²) in [6.45, 7) is 0. The summed E-state index contributed by atoms with van der Waals surface area (Å²) in [5.41, 5.74) is 1.16. The molecule has 26 heavy (non-hydrogen) atoms. The third-order valence-corrected chi connectivity index (χ3v) is 6.83. The van der Waals surface area contributed by atoms with Gasteiger partial charge in [0.1, 0.15) is 5.66 Å². The Labute approximate surface area is 155 Å². The van der Waals surface area contributed by atoms with Crippen molar-refractivity contribution in [2.24, 2.45) is 17.8 Å². The van der Waals surface area contributed by atoms with Crippen LogP contribution < -0.4 is 16.0 Å². The molecule has 2 amide bonds. The number of carbonyl (C=O) groups is 2. The number of carbonyl (C=O) groups excluding carboxylic acids is 2. The molecule has 4 atom stereocenters. The smallest absolute Gasteiger partial charge is 0.255 e. The molecule has 1 spiro atoms. The Balaban J connectivity index is 1.38. The number of hydrogen-bond donors (Lipinski definition) is 3. The van der Waals surface area contributed by atoms with Gasteiger partial charge >= 0.3 is 0 Å². The molecule has 3 N–H and O–H groups in total. The SMILES string of the molecule is O=C1N[C@@]2(C[C@H]3CC[C@@H]2C[C@@H]3C(=O)Nc2nccs2)Nc2ccccc21. The van der Waals surface area contributed by atoms with E-state index in [2.05, 4.69) is 20.9 Å². The summed E-state index contributed by atoms with van der Waals surface area (Å²) < 4.78 is 0. The Bertz CT molecular complexity index is 868. The average Bonchev–Trinajstić information content (AvgIpc) is 3.15. The molecule has 3 fully saturated rings. The first-order chi connectivity index (χ1) is 12.6. The predicted molar refractivity (Wildman–Crippen MR) is 99.9 cm³/mol. The maximum atomic E-state index is 12.7. The van der Waals surface area contributed by atoms with Crippen molar-refractivity contribution < 1.29 is 9.59 Å². The zero-order valence-electron chi connectivity index (χ0n) is 14.2. The molecule has 3 saturated carbocycles. The fraction of sp³-hybridized carbons (Fsp3) is 0.421. The number of fused-ring (bicyclic) bond motifs is 3. The Morgan fingerprint density at radius 1 is 1.27 bits per heavy atom. The number of hydrogen-bond acceptors (Lipinski definition) is 5. The lowest BCUT2D eigenvalue weighted by Crippen LogP contribution is -2.67. The van der Waals surface area contributed by atoms with Crippen LogP contribution in [0, 0.1) is 17.8 Å². The summed E-state index contributed by atoms with van der Waals surface area (Å²) in [5, 5.41) is 12.3. The predicted octanol–water partition coefficient (Wildman–Crippen LogP) is 3.07. The van der Waals surface area contributed by atoms with Crippen LogP contribution in [0.15, 0.2) is 35.8 Å². The van der Waals surface area contributed by atoms with Crippen LogP contribution in [-0.2, 0) is 4.79 Å². The van der Waals surface area contributed by atoms with E-state index >= 15 is 0 Å². The monoisotopic (exact) mass is 368 g/mol. The van der Waals surface area contributed by atoms with E-state index in [1.807, 2.05) is 29.6 Å². The van der Waals surface area contributed by atoms with Crippen molar-refractivity contribution in [3.63, 3.8) is 0 Å². The highest BCUT2D eigenvalue weighted by atomic mass is 32.1. The highest BCUT2D eigenvalue weighted by Gasteiger charge is 2.55. The van der Waals surface area contributed by atoms with Crippen LogP contribution in [0.25, 0.3) is 0 Å². The van der Waals surface area contributed by atoms with Crippen molar-refractivity contribution in [3.05, 3.63) is 41.4 Å². The number of rotatable bonds is 2. The second-order valence-corrected chi connectivity index (χ2v) is 8.40. The van der Waals surface area contributed by atoms with Gasteiger partial charge in [-0.3, -0.25) is 9.59 Å². The molecule has 3 aliphatic carbocycles. The molecule has 0 saturated heterocycles. The van der Waals surface area contributed by atoms with E-state index in [0.29, 0.717) is 10.7 Å². The number of anilines is 2. The van der Waals surface area contributed by atoms with Gasteiger partial charge in [0.25, 0.3) is 5.91 Å². The number of amides is 2. The molecule has 1 aliphatic heterocycles. The van der Waals surface area contributed by atoms with E-state index in [-0.39, 0.29) is 29.6 Å². The van der Waals surface area contributed by atoms with Gasteiger partial charge in [-0.2, -0.15) is 0 Å². The fourth-order valence-electron chi connectivity index (χ4n) is 4.95. The molecule has 1 aromatic heterocycles. The number of nitrogens with one attached hydrogen (secondary N) is 3. The lowest BCUT2D eigenvalue weighted by atomic mass is 9.58. The molecule has 0 unspecified atom stereocenters. The van der Waals surface area contributed by atoms with Crippen molar-refractivity contribution >= 4 is 34.0 Å². The number of aromatic nitrogens is 1. The number of thiazole rings is 1. The third-order valence-electron chi connectivity index (χ3n) is 6.14. The minimum atomic E-state index is -0.424. The minimum absolute atomic E-state index is 0.0147. The molecular weight excluding hydrogens is 348 g/mol. The highest BCUT2D eigenvalue weighted by molar-refractivity contribution is 7.13. The number of benzene rings is 1. The van der Waals surface area contributed by atoms with Gasteiger partial charge in [-0.25, -0.2) is 4.98 Å². The normalized spacial score (nSPS) is 31.8. The standard InChI is InChI=1S/C19H20N4O2S/c24-16(21-18-20-7-8-26-18)14-9-12-6-5-11(14)10-19(12)22-15-4-2-1-3-13(15)17(25)23-19/h1-4,7-8,11-12,14,22H,5-6,9-10H2,(H,23,25)(H,20,21,24)/t11-,12-,14+,19-/m1/s1. The minimum Gasteiger partial charge on any atom is -0.362 e. The van der Waals surface area contributed by atoms with Gasteiger partial charge in [-0.1, -0.05) is 12.1 Å². The van der Waals surface area contributed by atoms with Gasteiger partial charge in [0.2, 0.25) is 5.91 Å². The Morgan fingerprint density at radius 3 is 2.92 bits per heavy atom. The molecule has 1 aromatic carbocycles. The Morgan fingerprint density at radius 2 is 2.15 bits per heavy atom. The largest absolute Gasteiger partial charge is 0.362 e. The van der Waals surface area contributed by atoms with E-state index in [0.717, 1.165) is 31.4 Å². The molecular formula is C19H20N4O2S. The van der Waals surface area contributed by atoms with Crippen molar-refractivity contribution in [1.29, 1.82) is 0 Å². The van der Waals surface area contributed by atoms with Gasteiger partial charge in [0, 0.05) is 29.1 Å². The van der Waals surface area contributed by atoms with Gasteiger partial charge < -0.3 is 16.0 Å². The molecule has 0 radical (unpaired) electrons. The van der Waals surface area contributed by atoms with Crippen LogP contribution in [-0.4, -0.2) is 22.5 Å². The van der Waals surface area contributed by atoms with Crippen molar-refractivity contribution in [1.82, 2.24) is 10.3 Å². The van der Waals surface area contributed by atoms with E-state index < -0.39 is 5.66 Å². The first kappa shape index (κ1) is 15.8. The number of para-hydroxylation sites is 1. The van der Waals surface area contributed by atoms with Gasteiger partial charge in [-0.05, 0) is 43.7 Å². The zero-order chi connectivity index (χ0) is 17.7. The summed E-state index contributed by atoms with van der Waals surface area (Å²) in [6.07, 6.45) is 5.33. The van der Waals surface area contributed by atoms with Crippen molar-refractivity contribution in [2.75, 3.05) is 10.6 Å². The van der Waals surface area contributed by atoms with Crippen LogP contribution in [0.4, 0.5) is 10.8 Å². The lowest BCUT2D eigenvalue weighted by molar-refractivity contribution is -0.126. The maximum Gasteiger partial charge on any atom is 0.255 e. The summed E-state index contributed by atoms with van der Waals surface area (Å²) in [5.74, 6) is 0.539. The van der Waals surface area contributed by atoms with Gasteiger partial charge in [-0.15, -0.1) is 11.3 Å². The first-order valence-electron chi connectivity index (χ1n) is 9.05. The van der Waals surface area contributed by atoms with Crippen molar-refractivity contribution in [3.8, 4) is 0 Å². The Hall–Kier alpha value is -2.41. The van der Waals surface area contributed by atoms with Crippen LogP contribution in [0.3, 0.4) is 0 Å². The second kappa shape index (κ2) is 5.81. The number of nitrogens with zero attached hydrogens (tertiary/aromatic N) is 1. The molecule has 2 bridgehead atoms.